The van der Waals surface area contributed by atoms with Crippen molar-refractivity contribution in [1.82, 2.24) is 10.6 Å². The van der Waals surface area contributed by atoms with Gasteiger partial charge in [-0.2, -0.15) is 0 Å². The van der Waals surface area contributed by atoms with Gasteiger partial charge in [-0.25, -0.2) is 4.79 Å². The largest absolute Gasteiger partial charge is 0.444 e. The second-order valence-corrected chi connectivity index (χ2v) is 7.82. The van der Waals surface area contributed by atoms with Gasteiger partial charge >= 0.3 is 6.09 Å². The first kappa shape index (κ1) is 19.4. The molecule has 0 spiro atoms. The fourth-order valence-corrected chi connectivity index (χ4v) is 3.21. The molecule has 25 heavy (non-hydrogen) atoms. The van der Waals surface area contributed by atoms with Gasteiger partial charge in [0, 0.05) is 12.1 Å². The third kappa shape index (κ3) is 6.50. The summed E-state index contributed by atoms with van der Waals surface area (Å²) < 4.78 is 5.31. The smallest absolute Gasteiger partial charge is 0.407 e. The van der Waals surface area contributed by atoms with Crippen LogP contribution in [0.25, 0.3) is 0 Å². The van der Waals surface area contributed by atoms with Crippen molar-refractivity contribution in [2.24, 2.45) is 0 Å². The maximum absolute atomic E-state index is 12.0. The number of carbonyl (C=O) groups excluding carboxylic acids is 2. The van der Waals surface area contributed by atoms with Crippen LogP contribution in [-0.2, 0) is 9.53 Å². The van der Waals surface area contributed by atoms with Crippen LogP contribution in [0.15, 0.2) is 30.3 Å². The van der Waals surface area contributed by atoms with Crippen LogP contribution in [0, 0.1) is 0 Å². The van der Waals surface area contributed by atoms with Gasteiger partial charge in [-0.3, -0.25) is 4.79 Å². The minimum absolute atomic E-state index is 0.125. The highest BCUT2D eigenvalue weighted by Gasteiger charge is 2.27. The van der Waals surface area contributed by atoms with Crippen LogP contribution in [0.1, 0.15) is 65.0 Å². The number of hydrogen-bond donors (Lipinski definition) is 2. The Morgan fingerprint density at radius 3 is 2.12 bits per heavy atom. The predicted octanol–water partition coefficient (Wildman–Crippen LogP) is 3.74. The molecular formula is C20H30N2O3. The average Bonchev–Trinajstić information content (AvgIpc) is 2.53. The van der Waals surface area contributed by atoms with E-state index in [0.29, 0.717) is 0 Å². The molecule has 0 heterocycles. The molecule has 0 radical (unpaired) electrons. The minimum Gasteiger partial charge on any atom is -0.444 e. The quantitative estimate of drug-likeness (QED) is 0.852. The van der Waals surface area contributed by atoms with Crippen molar-refractivity contribution in [2.45, 2.75) is 77.1 Å². The number of benzene rings is 1. The molecule has 138 valence electrons. The second-order valence-electron chi connectivity index (χ2n) is 7.82. The van der Waals surface area contributed by atoms with Gasteiger partial charge in [0.15, 0.2) is 5.78 Å². The lowest BCUT2D eigenvalue weighted by molar-refractivity contribution is -0.119. The molecule has 1 aliphatic carbocycles. The molecule has 1 fully saturated rings. The molecule has 0 unspecified atom stereocenters. The summed E-state index contributed by atoms with van der Waals surface area (Å²) in [6.07, 6.45) is 3.27. The topological polar surface area (TPSA) is 67.4 Å². The summed E-state index contributed by atoms with van der Waals surface area (Å²) in [5.74, 6) is 0.125. The SMILES string of the molecule is CC(=O)[C@@H](NC1CCC(NC(=O)OC(C)(C)C)CC1)c1ccccc1. The molecule has 5 heteroatoms. The summed E-state index contributed by atoms with van der Waals surface area (Å²) in [6, 6.07) is 9.98. The lowest BCUT2D eigenvalue weighted by atomic mass is 9.90. The van der Waals surface area contributed by atoms with Crippen LogP contribution >= 0.6 is 0 Å². The second kappa shape index (κ2) is 8.48. The molecule has 2 N–H and O–H groups in total. The molecule has 5 nitrogen and oxygen atoms in total. The Hall–Kier alpha value is -1.88. The number of nitrogens with one attached hydrogen (secondary N) is 2. The monoisotopic (exact) mass is 346 g/mol. The maximum Gasteiger partial charge on any atom is 0.407 e. The first-order valence-corrected chi connectivity index (χ1v) is 9.05. The van der Waals surface area contributed by atoms with Crippen LogP contribution in [0.2, 0.25) is 0 Å². The lowest BCUT2D eigenvalue weighted by Crippen LogP contribution is -2.45. The zero-order valence-electron chi connectivity index (χ0n) is 15.7. The number of rotatable bonds is 5. The first-order chi connectivity index (χ1) is 11.7. The summed E-state index contributed by atoms with van der Waals surface area (Å²) in [5, 5.41) is 6.44. The minimum atomic E-state index is -0.479. The number of Topliss-reactive ketones (excluding diaryl/α,β-unsaturated/α-hetero) is 1. The summed E-state index contributed by atoms with van der Waals surface area (Å²) >= 11 is 0. The van der Waals surface area contributed by atoms with E-state index in [1.54, 1.807) is 6.92 Å². The van der Waals surface area contributed by atoms with Gasteiger partial charge in [0.25, 0.3) is 0 Å². The Morgan fingerprint density at radius 1 is 1.04 bits per heavy atom. The number of carbonyl (C=O) groups is 2. The van der Waals surface area contributed by atoms with Crippen LogP contribution in [0.5, 0.6) is 0 Å². The van der Waals surface area contributed by atoms with E-state index in [1.807, 2.05) is 51.1 Å². The standard InChI is InChI=1S/C20H30N2O3/c1-14(23)18(15-8-6-5-7-9-15)21-16-10-12-17(13-11-16)22-19(24)25-20(2,3)4/h5-9,16-18,21H,10-13H2,1-4H3,(H,22,24)/t16?,17?,18-/m1/s1. The predicted molar refractivity (Wildman–Crippen MR) is 98.4 cm³/mol. The highest BCUT2D eigenvalue weighted by atomic mass is 16.6. The first-order valence-electron chi connectivity index (χ1n) is 9.05. The van der Waals surface area contributed by atoms with Gasteiger partial charge in [0.2, 0.25) is 0 Å². The molecular weight excluding hydrogens is 316 g/mol. The Labute approximate surface area is 150 Å². The Balaban J connectivity index is 1.83. The normalized spacial score (nSPS) is 22.1. The molecule has 1 aromatic rings. The van der Waals surface area contributed by atoms with Crippen molar-refractivity contribution in [2.75, 3.05) is 0 Å². The van der Waals surface area contributed by atoms with Crippen molar-refractivity contribution >= 4 is 11.9 Å². The summed E-state index contributed by atoms with van der Waals surface area (Å²) in [5.41, 5.74) is 0.525. The summed E-state index contributed by atoms with van der Waals surface area (Å²) in [4.78, 5) is 23.9. The molecule has 1 saturated carbocycles. The van der Waals surface area contributed by atoms with Gasteiger partial charge in [-0.05, 0) is 58.9 Å². The van der Waals surface area contributed by atoms with E-state index in [1.165, 1.54) is 0 Å². The van der Waals surface area contributed by atoms with E-state index in [9.17, 15) is 9.59 Å². The van der Waals surface area contributed by atoms with Gasteiger partial charge < -0.3 is 15.4 Å². The lowest BCUT2D eigenvalue weighted by Gasteiger charge is -2.32. The molecule has 0 saturated heterocycles. The van der Waals surface area contributed by atoms with Crippen LogP contribution in [0.4, 0.5) is 4.79 Å². The number of alkyl carbamates (subject to hydrolysis) is 1. The van der Waals surface area contributed by atoms with E-state index < -0.39 is 5.60 Å². The summed E-state index contributed by atoms with van der Waals surface area (Å²) in [6.45, 7) is 7.21. The zero-order valence-corrected chi connectivity index (χ0v) is 15.7. The van der Waals surface area contributed by atoms with E-state index in [0.717, 1.165) is 31.2 Å². The van der Waals surface area contributed by atoms with Crippen molar-refractivity contribution < 1.29 is 14.3 Å². The van der Waals surface area contributed by atoms with Gasteiger partial charge in [-0.1, -0.05) is 30.3 Å². The van der Waals surface area contributed by atoms with Crippen molar-refractivity contribution in [1.29, 1.82) is 0 Å². The van der Waals surface area contributed by atoms with E-state index in [-0.39, 0.29) is 30.0 Å². The number of amides is 1. The van der Waals surface area contributed by atoms with Gasteiger partial charge in [0.1, 0.15) is 5.60 Å². The molecule has 2 rings (SSSR count). The van der Waals surface area contributed by atoms with E-state index in [2.05, 4.69) is 10.6 Å². The Morgan fingerprint density at radius 2 is 1.60 bits per heavy atom. The number of ether oxygens (including phenoxy) is 1. The van der Waals surface area contributed by atoms with Crippen LogP contribution < -0.4 is 10.6 Å². The highest BCUT2D eigenvalue weighted by molar-refractivity contribution is 5.82. The van der Waals surface area contributed by atoms with Crippen LogP contribution in [0.3, 0.4) is 0 Å². The van der Waals surface area contributed by atoms with Gasteiger partial charge in [0.05, 0.1) is 6.04 Å². The van der Waals surface area contributed by atoms with E-state index >= 15 is 0 Å². The average molecular weight is 346 g/mol. The van der Waals surface area contributed by atoms with E-state index in [4.69, 9.17) is 4.74 Å². The third-order valence-electron chi connectivity index (χ3n) is 4.39. The van der Waals surface area contributed by atoms with Crippen molar-refractivity contribution in [3.63, 3.8) is 0 Å². The fourth-order valence-electron chi connectivity index (χ4n) is 3.21. The molecule has 1 aliphatic rings. The molecule has 1 atom stereocenters. The summed E-state index contributed by atoms with van der Waals surface area (Å²) in [7, 11) is 0. The fraction of sp³-hybridized carbons (Fsp3) is 0.600. The van der Waals surface area contributed by atoms with Gasteiger partial charge in [-0.15, -0.1) is 0 Å². The number of hydrogen-bond acceptors (Lipinski definition) is 4. The Kier molecular flexibility index (Phi) is 6.59. The molecule has 0 aromatic heterocycles. The molecule has 0 aliphatic heterocycles. The number of ketones is 1. The third-order valence-corrected chi connectivity index (χ3v) is 4.39. The zero-order chi connectivity index (χ0) is 18.4. The van der Waals surface area contributed by atoms with Crippen LogP contribution in [-0.4, -0.2) is 29.6 Å². The Bertz CT molecular complexity index is 572. The molecule has 1 aromatic carbocycles. The molecule has 1 amide bonds. The van der Waals surface area contributed by atoms with Crippen molar-refractivity contribution in [3.05, 3.63) is 35.9 Å². The van der Waals surface area contributed by atoms with Crippen molar-refractivity contribution in [3.8, 4) is 0 Å². The molecule has 0 bridgehead atoms. The maximum atomic E-state index is 12.0. The highest BCUT2D eigenvalue weighted by Crippen LogP contribution is 2.23.